The van der Waals surface area contributed by atoms with Crippen LogP contribution in [0.1, 0.15) is 11.1 Å². The largest absolute Gasteiger partial charge is 0.375 e. The van der Waals surface area contributed by atoms with Crippen molar-refractivity contribution in [1.82, 2.24) is 0 Å². The molecule has 0 amide bonds. The zero-order chi connectivity index (χ0) is 14.7. The number of hydrogen-bond donors (Lipinski definition) is 1. The molecule has 2 aromatic rings. The lowest BCUT2D eigenvalue weighted by atomic mass is 10.1. The molecule has 0 saturated heterocycles. The van der Waals surface area contributed by atoms with E-state index in [1.807, 2.05) is 0 Å². The number of hydrogen-bond acceptors (Lipinski definition) is 3. The molecule has 20 heavy (non-hydrogen) atoms. The Balaban J connectivity index is 2.18. The normalized spacial score (nSPS) is 10.3. The van der Waals surface area contributed by atoms with Crippen LogP contribution in [0.4, 0.5) is 15.8 Å². The van der Waals surface area contributed by atoms with E-state index in [9.17, 15) is 14.5 Å². The van der Waals surface area contributed by atoms with Crippen LogP contribution in [-0.2, 0) is 6.54 Å². The predicted molar refractivity (Wildman–Crippen MR) is 76.6 cm³/mol. The molecule has 0 aliphatic rings. The van der Waals surface area contributed by atoms with Gasteiger partial charge < -0.3 is 5.32 Å². The molecule has 0 aliphatic carbocycles. The van der Waals surface area contributed by atoms with Gasteiger partial charge in [-0.2, -0.15) is 0 Å². The van der Waals surface area contributed by atoms with E-state index in [2.05, 4.69) is 5.32 Å². The number of nitro groups is 1. The Morgan fingerprint density at radius 3 is 2.70 bits per heavy atom. The molecule has 6 heteroatoms. The molecule has 1 N–H and O–H groups in total. The standard InChI is InChI=1S/C14H12ClFN2O2/c1-9-6-10(2-4-12(9)16)8-17-13-5-3-11(15)7-14(13)18(19)20/h2-7,17H,8H2,1H3. The minimum absolute atomic E-state index is 0.0867. The summed E-state index contributed by atoms with van der Waals surface area (Å²) in [4.78, 5) is 10.4. The fraction of sp³-hybridized carbons (Fsp3) is 0.143. The highest BCUT2D eigenvalue weighted by Gasteiger charge is 2.13. The van der Waals surface area contributed by atoms with Gasteiger partial charge in [0.2, 0.25) is 0 Å². The number of rotatable bonds is 4. The lowest BCUT2D eigenvalue weighted by Crippen LogP contribution is -2.03. The first-order chi connectivity index (χ1) is 9.47. The third-order valence-corrected chi connectivity index (χ3v) is 3.10. The summed E-state index contributed by atoms with van der Waals surface area (Å²) in [6, 6.07) is 9.13. The number of nitrogens with one attached hydrogen (secondary N) is 1. The van der Waals surface area contributed by atoms with Crippen molar-refractivity contribution in [2.75, 3.05) is 5.32 Å². The molecular weight excluding hydrogens is 283 g/mol. The minimum Gasteiger partial charge on any atom is -0.375 e. The Kier molecular flexibility index (Phi) is 4.20. The molecule has 0 fully saturated rings. The van der Waals surface area contributed by atoms with E-state index in [1.54, 1.807) is 31.2 Å². The van der Waals surface area contributed by atoms with E-state index < -0.39 is 4.92 Å². The van der Waals surface area contributed by atoms with E-state index in [-0.39, 0.29) is 11.5 Å². The third-order valence-electron chi connectivity index (χ3n) is 2.86. The van der Waals surface area contributed by atoms with Crippen molar-refractivity contribution in [3.63, 3.8) is 0 Å². The van der Waals surface area contributed by atoms with Crippen LogP contribution < -0.4 is 5.32 Å². The topological polar surface area (TPSA) is 55.2 Å². The van der Waals surface area contributed by atoms with Crippen LogP contribution in [0.15, 0.2) is 36.4 Å². The van der Waals surface area contributed by atoms with Crippen molar-refractivity contribution in [3.05, 3.63) is 68.5 Å². The summed E-state index contributed by atoms with van der Waals surface area (Å²) >= 11 is 5.74. The summed E-state index contributed by atoms with van der Waals surface area (Å²) in [5.74, 6) is -0.272. The van der Waals surface area contributed by atoms with Crippen LogP contribution in [0.25, 0.3) is 0 Å². The van der Waals surface area contributed by atoms with Gasteiger partial charge in [0.05, 0.1) is 4.92 Å². The average Bonchev–Trinajstić information content (AvgIpc) is 2.41. The van der Waals surface area contributed by atoms with Crippen LogP contribution in [0.2, 0.25) is 5.02 Å². The van der Waals surface area contributed by atoms with Crippen molar-refractivity contribution in [1.29, 1.82) is 0 Å². The highest BCUT2D eigenvalue weighted by Crippen LogP contribution is 2.28. The van der Waals surface area contributed by atoms with E-state index >= 15 is 0 Å². The second kappa shape index (κ2) is 5.88. The highest BCUT2D eigenvalue weighted by molar-refractivity contribution is 6.30. The number of anilines is 1. The van der Waals surface area contributed by atoms with Crippen LogP contribution in [0.5, 0.6) is 0 Å². The van der Waals surface area contributed by atoms with E-state index in [4.69, 9.17) is 11.6 Å². The monoisotopic (exact) mass is 294 g/mol. The summed E-state index contributed by atoms with van der Waals surface area (Å²) in [6.45, 7) is 2.03. The van der Waals surface area contributed by atoms with Gasteiger partial charge in [0.15, 0.2) is 0 Å². The van der Waals surface area contributed by atoms with Gasteiger partial charge in [0, 0.05) is 17.6 Å². The lowest BCUT2D eigenvalue weighted by Gasteiger charge is -2.08. The molecule has 0 saturated carbocycles. The fourth-order valence-corrected chi connectivity index (χ4v) is 1.99. The van der Waals surface area contributed by atoms with Gasteiger partial charge >= 0.3 is 0 Å². The summed E-state index contributed by atoms with van der Waals surface area (Å²) < 4.78 is 13.2. The van der Waals surface area contributed by atoms with E-state index in [1.165, 1.54) is 12.1 Å². The van der Waals surface area contributed by atoms with Gasteiger partial charge in [-0.15, -0.1) is 0 Å². The van der Waals surface area contributed by atoms with Gasteiger partial charge in [-0.25, -0.2) is 4.39 Å². The summed E-state index contributed by atoms with van der Waals surface area (Å²) in [5.41, 5.74) is 1.67. The third kappa shape index (κ3) is 3.24. The average molecular weight is 295 g/mol. The first-order valence-corrected chi connectivity index (χ1v) is 6.28. The molecule has 0 heterocycles. The second-order valence-electron chi connectivity index (χ2n) is 4.36. The maximum atomic E-state index is 13.2. The summed E-state index contributed by atoms with van der Waals surface area (Å²) in [6.07, 6.45) is 0. The molecule has 0 aromatic heterocycles. The lowest BCUT2D eigenvalue weighted by molar-refractivity contribution is -0.383. The fourth-order valence-electron chi connectivity index (χ4n) is 1.82. The van der Waals surface area contributed by atoms with Crippen molar-refractivity contribution in [3.8, 4) is 0 Å². The Hall–Kier alpha value is -2.14. The number of benzene rings is 2. The van der Waals surface area contributed by atoms with E-state index in [0.717, 1.165) is 5.56 Å². The molecule has 0 bridgehead atoms. The van der Waals surface area contributed by atoms with Gasteiger partial charge in [0.25, 0.3) is 5.69 Å². The molecule has 104 valence electrons. The summed E-state index contributed by atoms with van der Waals surface area (Å²) in [5, 5.41) is 14.2. The Morgan fingerprint density at radius 1 is 1.30 bits per heavy atom. The molecule has 2 rings (SSSR count). The number of aryl methyl sites for hydroxylation is 1. The number of halogens is 2. The van der Waals surface area contributed by atoms with Gasteiger partial charge in [0.1, 0.15) is 11.5 Å². The molecule has 0 aliphatic heterocycles. The van der Waals surface area contributed by atoms with Gasteiger partial charge in [-0.1, -0.05) is 23.7 Å². The molecular formula is C14H12ClFN2O2. The second-order valence-corrected chi connectivity index (χ2v) is 4.79. The smallest absolute Gasteiger partial charge is 0.293 e. The van der Waals surface area contributed by atoms with Crippen molar-refractivity contribution < 1.29 is 9.31 Å². The molecule has 0 unspecified atom stereocenters. The molecule has 0 atom stereocenters. The van der Waals surface area contributed by atoms with Crippen molar-refractivity contribution >= 4 is 23.0 Å². The van der Waals surface area contributed by atoms with Crippen molar-refractivity contribution in [2.24, 2.45) is 0 Å². The zero-order valence-corrected chi connectivity index (χ0v) is 11.4. The quantitative estimate of drug-likeness (QED) is 0.675. The SMILES string of the molecule is Cc1cc(CNc2ccc(Cl)cc2[N+](=O)[O-])ccc1F. The summed E-state index contributed by atoms with van der Waals surface area (Å²) in [7, 11) is 0. The van der Waals surface area contributed by atoms with Crippen LogP contribution in [0.3, 0.4) is 0 Å². The van der Waals surface area contributed by atoms with Crippen LogP contribution in [-0.4, -0.2) is 4.92 Å². The number of nitro benzene ring substituents is 1. The first-order valence-electron chi connectivity index (χ1n) is 5.90. The van der Waals surface area contributed by atoms with E-state index in [0.29, 0.717) is 22.8 Å². The minimum atomic E-state index is -0.496. The molecule has 4 nitrogen and oxygen atoms in total. The Morgan fingerprint density at radius 2 is 2.05 bits per heavy atom. The predicted octanol–water partition coefficient (Wildman–Crippen LogP) is 4.31. The van der Waals surface area contributed by atoms with Crippen LogP contribution in [0, 0.1) is 22.9 Å². The number of nitrogens with zero attached hydrogens (tertiary/aromatic N) is 1. The Labute approximate surface area is 120 Å². The maximum Gasteiger partial charge on any atom is 0.293 e. The van der Waals surface area contributed by atoms with Gasteiger partial charge in [-0.3, -0.25) is 10.1 Å². The molecule has 0 radical (unpaired) electrons. The Bertz CT molecular complexity index is 662. The van der Waals surface area contributed by atoms with Gasteiger partial charge in [-0.05, 0) is 36.2 Å². The van der Waals surface area contributed by atoms with Crippen LogP contribution >= 0.6 is 11.6 Å². The van der Waals surface area contributed by atoms with Crippen molar-refractivity contribution in [2.45, 2.75) is 13.5 Å². The highest BCUT2D eigenvalue weighted by atomic mass is 35.5. The zero-order valence-electron chi connectivity index (χ0n) is 10.7. The molecule has 0 spiro atoms. The maximum absolute atomic E-state index is 13.2. The molecule has 2 aromatic carbocycles. The first kappa shape index (κ1) is 14.3.